The molecular weight excluding hydrogens is 464 g/mol. The molecule has 36 heavy (non-hydrogen) atoms. The quantitative estimate of drug-likeness (QED) is 0.386. The van der Waals surface area contributed by atoms with Gasteiger partial charge in [-0.3, -0.25) is 19.2 Å². The van der Waals surface area contributed by atoms with Crippen molar-refractivity contribution in [1.82, 2.24) is 15.5 Å². The lowest BCUT2D eigenvalue weighted by Crippen LogP contribution is -2.58. The Morgan fingerprint density at radius 2 is 1.69 bits per heavy atom. The van der Waals surface area contributed by atoms with Crippen LogP contribution in [0.25, 0.3) is 0 Å². The number of primary amides is 1. The zero-order chi connectivity index (χ0) is 27.0. The summed E-state index contributed by atoms with van der Waals surface area (Å²) in [6.07, 6.45) is 5.66. The number of hydrogen-bond donors (Lipinski definition) is 3. The van der Waals surface area contributed by atoms with Crippen molar-refractivity contribution < 1.29 is 28.7 Å². The third-order valence-corrected chi connectivity index (χ3v) is 6.43. The van der Waals surface area contributed by atoms with E-state index in [1.54, 1.807) is 20.8 Å². The first-order valence-corrected chi connectivity index (χ1v) is 13.2. The summed E-state index contributed by atoms with van der Waals surface area (Å²) in [4.78, 5) is 65.3. The summed E-state index contributed by atoms with van der Waals surface area (Å²) in [5.41, 5.74) is 4.52. The van der Waals surface area contributed by atoms with Gasteiger partial charge in [-0.25, -0.2) is 4.79 Å². The Bertz CT molecular complexity index is 818. The fraction of sp³-hybridized carbons (Fsp3) is 0.808. The predicted molar refractivity (Wildman–Crippen MR) is 135 cm³/mol. The summed E-state index contributed by atoms with van der Waals surface area (Å²) in [7, 11) is 0. The van der Waals surface area contributed by atoms with Crippen LogP contribution >= 0.6 is 0 Å². The third kappa shape index (κ3) is 9.78. The highest BCUT2D eigenvalue weighted by Gasteiger charge is 2.38. The number of ketones is 1. The highest BCUT2D eigenvalue weighted by atomic mass is 16.6. The average Bonchev–Trinajstić information content (AvgIpc) is 3.56. The van der Waals surface area contributed by atoms with Crippen LogP contribution in [0.15, 0.2) is 0 Å². The van der Waals surface area contributed by atoms with Crippen molar-refractivity contribution in [3.05, 3.63) is 0 Å². The van der Waals surface area contributed by atoms with E-state index in [0.29, 0.717) is 25.8 Å². The van der Waals surface area contributed by atoms with Crippen molar-refractivity contribution in [3.8, 4) is 0 Å². The monoisotopic (exact) mass is 508 g/mol. The maximum atomic E-state index is 13.7. The minimum absolute atomic E-state index is 0.0761. The predicted octanol–water partition coefficient (Wildman–Crippen LogP) is 2.43. The van der Waals surface area contributed by atoms with Gasteiger partial charge in [0.05, 0.1) is 6.04 Å². The minimum atomic E-state index is -1.08. The number of alkyl carbamates (subject to hydrolysis) is 1. The molecule has 2 unspecified atom stereocenters. The van der Waals surface area contributed by atoms with Crippen molar-refractivity contribution in [2.24, 2.45) is 17.6 Å². The summed E-state index contributed by atoms with van der Waals surface area (Å²) in [5, 5.41) is 5.44. The van der Waals surface area contributed by atoms with Crippen molar-refractivity contribution in [2.75, 3.05) is 6.54 Å². The maximum Gasteiger partial charge on any atom is 0.408 e. The number of carbonyl (C=O) groups is 5. The number of nitrogens with zero attached hydrogens (tertiary/aromatic N) is 1. The fourth-order valence-corrected chi connectivity index (χ4v) is 4.49. The van der Waals surface area contributed by atoms with Gasteiger partial charge in [0.1, 0.15) is 17.7 Å². The molecule has 0 spiro atoms. The SMILES string of the molecule is CC(C)C[C@H](C(=O)NC(CC1CC1)C(=O)C(N)=O)N1CCCCCCC(NC(=O)OC(C)(C)C)C1=O. The lowest BCUT2D eigenvalue weighted by Gasteiger charge is -2.35. The summed E-state index contributed by atoms with van der Waals surface area (Å²) < 4.78 is 5.36. The molecule has 0 aromatic carbocycles. The molecule has 204 valence electrons. The molecule has 2 rings (SSSR count). The summed E-state index contributed by atoms with van der Waals surface area (Å²) in [5.74, 6) is -2.37. The van der Waals surface area contributed by atoms with Gasteiger partial charge in [0.15, 0.2) is 0 Å². The van der Waals surface area contributed by atoms with Crippen LogP contribution in [0.4, 0.5) is 4.79 Å². The number of nitrogens with two attached hydrogens (primary N) is 1. The Hall–Kier alpha value is -2.65. The highest BCUT2D eigenvalue weighted by Crippen LogP contribution is 2.33. The number of rotatable bonds is 10. The lowest BCUT2D eigenvalue weighted by atomic mass is 9.98. The Kier molecular flexibility index (Phi) is 10.7. The number of ether oxygens (including phenoxy) is 1. The molecule has 3 atom stereocenters. The zero-order valence-corrected chi connectivity index (χ0v) is 22.4. The van der Waals surface area contributed by atoms with E-state index in [1.807, 2.05) is 13.8 Å². The zero-order valence-electron chi connectivity index (χ0n) is 22.4. The van der Waals surface area contributed by atoms with E-state index in [4.69, 9.17) is 10.5 Å². The maximum absolute atomic E-state index is 13.7. The van der Waals surface area contributed by atoms with Gasteiger partial charge in [-0.1, -0.05) is 46.0 Å². The van der Waals surface area contributed by atoms with Crippen molar-refractivity contribution in [3.63, 3.8) is 0 Å². The molecule has 0 bridgehead atoms. The van der Waals surface area contributed by atoms with E-state index in [0.717, 1.165) is 38.5 Å². The molecule has 1 aliphatic heterocycles. The second-order valence-corrected chi connectivity index (χ2v) is 11.5. The van der Waals surface area contributed by atoms with E-state index in [-0.39, 0.29) is 17.7 Å². The average molecular weight is 509 g/mol. The third-order valence-electron chi connectivity index (χ3n) is 6.43. The van der Waals surface area contributed by atoms with Crippen molar-refractivity contribution in [2.45, 2.75) is 116 Å². The normalized spacial score (nSPS) is 21.0. The number of Topliss-reactive ketones (excluding diaryl/α,β-unsaturated/α-hetero) is 1. The van der Waals surface area contributed by atoms with E-state index < -0.39 is 47.4 Å². The lowest BCUT2D eigenvalue weighted by molar-refractivity contribution is -0.144. The molecule has 2 fully saturated rings. The van der Waals surface area contributed by atoms with Gasteiger partial charge in [0, 0.05) is 6.54 Å². The summed E-state index contributed by atoms with van der Waals surface area (Å²) in [6, 6.07) is -2.67. The van der Waals surface area contributed by atoms with E-state index in [9.17, 15) is 24.0 Å². The Morgan fingerprint density at radius 1 is 1.06 bits per heavy atom. The molecule has 1 aliphatic carbocycles. The van der Waals surface area contributed by atoms with Crippen LogP contribution in [0.1, 0.15) is 92.4 Å². The van der Waals surface area contributed by atoms with Crippen LogP contribution in [0, 0.1) is 11.8 Å². The first-order chi connectivity index (χ1) is 16.8. The largest absolute Gasteiger partial charge is 0.444 e. The van der Waals surface area contributed by atoms with Crippen molar-refractivity contribution in [1.29, 1.82) is 0 Å². The molecule has 0 aromatic heterocycles. The molecule has 10 nitrogen and oxygen atoms in total. The standard InChI is InChI=1S/C26H44N4O6/c1-16(2)14-20(23(33)28-19(15-17-11-12-17)21(31)22(27)32)30-13-9-7-6-8-10-18(24(30)34)29-25(35)36-26(3,4)5/h16-20H,6-15H2,1-5H3,(H2,27,32)(H,28,33)(H,29,35)/t18?,19?,20-/m1/s1. The first-order valence-electron chi connectivity index (χ1n) is 13.2. The van der Waals surface area contributed by atoms with Crippen LogP contribution < -0.4 is 16.4 Å². The van der Waals surface area contributed by atoms with Crippen LogP contribution in [0.5, 0.6) is 0 Å². The minimum Gasteiger partial charge on any atom is -0.444 e. The van der Waals surface area contributed by atoms with Crippen LogP contribution in [0.2, 0.25) is 0 Å². The van der Waals surface area contributed by atoms with E-state index >= 15 is 0 Å². The molecule has 2 aliphatic rings. The molecule has 0 aromatic rings. The van der Waals surface area contributed by atoms with Crippen molar-refractivity contribution >= 4 is 29.6 Å². The van der Waals surface area contributed by atoms with Gasteiger partial charge in [-0.15, -0.1) is 0 Å². The Balaban J connectivity index is 2.28. The Morgan fingerprint density at radius 3 is 2.25 bits per heavy atom. The second-order valence-electron chi connectivity index (χ2n) is 11.5. The van der Waals surface area contributed by atoms with Gasteiger partial charge >= 0.3 is 6.09 Å². The number of amides is 4. The topological polar surface area (TPSA) is 148 Å². The highest BCUT2D eigenvalue weighted by molar-refractivity contribution is 6.37. The molecule has 1 saturated heterocycles. The molecule has 10 heteroatoms. The molecule has 4 amide bonds. The van der Waals surface area contributed by atoms with Gasteiger partial charge in [0.2, 0.25) is 17.6 Å². The molecule has 0 radical (unpaired) electrons. The molecule has 1 saturated carbocycles. The van der Waals surface area contributed by atoms with Crippen LogP contribution in [0.3, 0.4) is 0 Å². The van der Waals surface area contributed by atoms with Crippen LogP contribution in [-0.4, -0.2) is 64.8 Å². The smallest absolute Gasteiger partial charge is 0.408 e. The summed E-state index contributed by atoms with van der Waals surface area (Å²) >= 11 is 0. The van der Waals surface area contributed by atoms with E-state index in [1.165, 1.54) is 4.90 Å². The molecular formula is C26H44N4O6. The number of hydrogen-bond acceptors (Lipinski definition) is 6. The van der Waals surface area contributed by atoms with E-state index in [2.05, 4.69) is 10.6 Å². The Labute approximate surface area is 214 Å². The molecule has 1 heterocycles. The van der Waals surface area contributed by atoms with Gasteiger partial charge in [0.25, 0.3) is 5.91 Å². The summed E-state index contributed by atoms with van der Waals surface area (Å²) in [6.45, 7) is 9.50. The second kappa shape index (κ2) is 13.1. The van der Waals surface area contributed by atoms with Gasteiger partial charge in [-0.2, -0.15) is 0 Å². The molecule has 4 N–H and O–H groups in total. The fourth-order valence-electron chi connectivity index (χ4n) is 4.49. The number of nitrogens with one attached hydrogen (secondary N) is 2. The number of carbonyl (C=O) groups excluding carboxylic acids is 5. The van der Waals surface area contributed by atoms with Gasteiger partial charge < -0.3 is 26.0 Å². The van der Waals surface area contributed by atoms with Gasteiger partial charge in [-0.05, 0) is 58.3 Å². The van der Waals surface area contributed by atoms with Crippen LogP contribution in [-0.2, 0) is 23.9 Å². The first kappa shape index (κ1) is 29.6.